The van der Waals surface area contributed by atoms with Gasteiger partial charge in [-0.05, 0) is 37.0 Å². The van der Waals surface area contributed by atoms with E-state index in [9.17, 15) is 0 Å². The van der Waals surface area contributed by atoms with Gasteiger partial charge in [0.15, 0.2) is 0 Å². The van der Waals surface area contributed by atoms with Crippen LogP contribution in [0.3, 0.4) is 0 Å². The van der Waals surface area contributed by atoms with Gasteiger partial charge in [-0.25, -0.2) is 0 Å². The maximum absolute atomic E-state index is 5.76. The van der Waals surface area contributed by atoms with Gasteiger partial charge in [0, 0.05) is 19.7 Å². The number of benzene rings is 1. The Morgan fingerprint density at radius 1 is 1.05 bits per heavy atom. The summed E-state index contributed by atoms with van der Waals surface area (Å²) in [6.45, 7) is 2.45. The largest absolute Gasteiger partial charge is 0.492 e. The van der Waals surface area contributed by atoms with E-state index in [0.717, 1.165) is 31.9 Å². The van der Waals surface area contributed by atoms with Crippen LogP contribution < -0.4 is 10.1 Å². The first-order chi connectivity index (χ1) is 9.88. The molecule has 1 aromatic carbocycles. The molecule has 1 fully saturated rings. The topological polar surface area (TPSA) is 30.5 Å². The normalized spacial score (nSPS) is 16.2. The third-order valence-electron chi connectivity index (χ3n) is 3.93. The van der Waals surface area contributed by atoms with Crippen LogP contribution in [0.2, 0.25) is 0 Å². The van der Waals surface area contributed by atoms with Gasteiger partial charge >= 0.3 is 0 Å². The molecule has 3 nitrogen and oxygen atoms in total. The summed E-state index contributed by atoms with van der Waals surface area (Å²) >= 11 is 0. The number of ether oxygens (including phenoxy) is 2. The Kier molecular flexibility index (Phi) is 6.89. The van der Waals surface area contributed by atoms with E-state index < -0.39 is 0 Å². The molecule has 0 atom stereocenters. The van der Waals surface area contributed by atoms with Gasteiger partial charge in [0.1, 0.15) is 12.4 Å². The van der Waals surface area contributed by atoms with Crippen LogP contribution in [0.4, 0.5) is 0 Å². The summed E-state index contributed by atoms with van der Waals surface area (Å²) in [5.74, 6) is 0.955. The lowest BCUT2D eigenvalue weighted by atomic mass is 9.96. The van der Waals surface area contributed by atoms with Crippen LogP contribution in [0.15, 0.2) is 24.3 Å². The molecule has 0 unspecified atom stereocenters. The molecule has 0 bridgehead atoms. The average molecular weight is 277 g/mol. The van der Waals surface area contributed by atoms with Crippen molar-refractivity contribution in [2.24, 2.45) is 0 Å². The maximum Gasteiger partial charge on any atom is 0.119 e. The van der Waals surface area contributed by atoms with Crippen LogP contribution in [-0.4, -0.2) is 32.9 Å². The van der Waals surface area contributed by atoms with Crippen molar-refractivity contribution < 1.29 is 9.47 Å². The molecule has 0 aromatic heterocycles. The van der Waals surface area contributed by atoms with Gasteiger partial charge < -0.3 is 14.8 Å². The van der Waals surface area contributed by atoms with E-state index in [1.807, 2.05) is 12.1 Å². The molecule has 0 spiro atoms. The van der Waals surface area contributed by atoms with Gasteiger partial charge in [-0.15, -0.1) is 0 Å². The summed E-state index contributed by atoms with van der Waals surface area (Å²) in [5.41, 5.74) is 1.29. The standard InChI is InChI=1S/C17H27NO2/c1-19-13-11-15-7-9-17(10-8-15)20-14-12-18-16-5-3-2-4-6-16/h7-10,16,18H,2-6,11-14H2,1H3. The first-order valence-electron chi connectivity index (χ1n) is 7.82. The van der Waals surface area contributed by atoms with Crippen LogP contribution in [0.1, 0.15) is 37.7 Å². The zero-order valence-electron chi connectivity index (χ0n) is 12.6. The van der Waals surface area contributed by atoms with Gasteiger partial charge in [-0.1, -0.05) is 31.4 Å². The van der Waals surface area contributed by atoms with Gasteiger partial charge in [0.2, 0.25) is 0 Å². The molecule has 3 heteroatoms. The van der Waals surface area contributed by atoms with Crippen molar-refractivity contribution in [3.63, 3.8) is 0 Å². The Balaban J connectivity index is 1.61. The Bertz CT molecular complexity index is 358. The smallest absolute Gasteiger partial charge is 0.119 e. The molecule has 0 amide bonds. The van der Waals surface area contributed by atoms with Crippen molar-refractivity contribution in [2.45, 2.75) is 44.6 Å². The van der Waals surface area contributed by atoms with Crippen LogP contribution in [0, 0.1) is 0 Å². The highest BCUT2D eigenvalue weighted by molar-refractivity contribution is 5.27. The quantitative estimate of drug-likeness (QED) is 0.740. The van der Waals surface area contributed by atoms with E-state index in [1.165, 1.54) is 37.7 Å². The van der Waals surface area contributed by atoms with E-state index in [-0.39, 0.29) is 0 Å². The van der Waals surface area contributed by atoms with Crippen LogP contribution in [0.25, 0.3) is 0 Å². The number of nitrogens with one attached hydrogen (secondary N) is 1. The second-order valence-electron chi connectivity index (χ2n) is 5.52. The summed E-state index contributed by atoms with van der Waals surface area (Å²) in [5, 5.41) is 3.59. The second kappa shape index (κ2) is 8.98. The van der Waals surface area contributed by atoms with Gasteiger partial charge in [-0.3, -0.25) is 0 Å². The summed E-state index contributed by atoms with van der Waals surface area (Å²) in [4.78, 5) is 0. The fourth-order valence-corrected chi connectivity index (χ4v) is 2.71. The zero-order valence-corrected chi connectivity index (χ0v) is 12.6. The summed E-state index contributed by atoms with van der Waals surface area (Å²) in [6.07, 6.45) is 7.77. The molecular formula is C17H27NO2. The number of rotatable bonds is 8. The lowest BCUT2D eigenvalue weighted by Crippen LogP contribution is -2.34. The molecule has 1 aliphatic rings. The minimum atomic E-state index is 0.712. The van der Waals surface area contributed by atoms with Gasteiger partial charge in [0.05, 0.1) is 6.61 Å². The summed E-state index contributed by atoms with van der Waals surface area (Å²) in [6, 6.07) is 9.03. The minimum absolute atomic E-state index is 0.712. The van der Waals surface area contributed by atoms with Crippen LogP contribution >= 0.6 is 0 Å². The molecule has 112 valence electrons. The third kappa shape index (κ3) is 5.51. The fraction of sp³-hybridized carbons (Fsp3) is 0.647. The fourth-order valence-electron chi connectivity index (χ4n) is 2.71. The van der Waals surface area contributed by atoms with Crippen molar-refractivity contribution in [2.75, 3.05) is 26.9 Å². The molecule has 1 saturated carbocycles. The SMILES string of the molecule is COCCc1ccc(OCCNC2CCCCC2)cc1. The molecular weight excluding hydrogens is 250 g/mol. The Labute approximate surface area is 122 Å². The third-order valence-corrected chi connectivity index (χ3v) is 3.93. The minimum Gasteiger partial charge on any atom is -0.492 e. The van der Waals surface area contributed by atoms with E-state index in [2.05, 4.69) is 17.4 Å². The highest BCUT2D eigenvalue weighted by Crippen LogP contribution is 2.17. The molecule has 0 heterocycles. The van der Waals surface area contributed by atoms with Crippen molar-refractivity contribution in [1.29, 1.82) is 0 Å². The summed E-state index contributed by atoms with van der Waals surface area (Å²) < 4.78 is 10.8. The predicted molar refractivity (Wildman–Crippen MR) is 82.4 cm³/mol. The second-order valence-corrected chi connectivity index (χ2v) is 5.52. The van der Waals surface area contributed by atoms with E-state index in [0.29, 0.717) is 6.04 Å². The molecule has 0 saturated heterocycles. The maximum atomic E-state index is 5.76. The van der Waals surface area contributed by atoms with E-state index in [1.54, 1.807) is 7.11 Å². The first-order valence-corrected chi connectivity index (χ1v) is 7.82. The lowest BCUT2D eigenvalue weighted by Gasteiger charge is -2.22. The average Bonchev–Trinajstić information content (AvgIpc) is 2.52. The first kappa shape index (κ1) is 15.3. The highest BCUT2D eigenvalue weighted by Gasteiger charge is 2.11. The molecule has 1 aromatic rings. The van der Waals surface area contributed by atoms with Crippen molar-refractivity contribution in [3.8, 4) is 5.75 Å². The van der Waals surface area contributed by atoms with Crippen molar-refractivity contribution >= 4 is 0 Å². The van der Waals surface area contributed by atoms with E-state index >= 15 is 0 Å². The predicted octanol–water partition coefficient (Wildman–Crippen LogP) is 3.18. The Hall–Kier alpha value is -1.06. The Morgan fingerprint density at radius 3 is 2.50 bits per heavy atom. The highest BCUT2D eigenvalue weighted by atomic mass is 16.5. The monoisotopic (exact) mass is 277 g/mol. The molecule has 1 aliphatic carbocycles. The molecule has 1 N–H and O–H groups in total. The van der Waals surface area contributed by atoms with Crippen LogP contribution in [0.5, 0.6) is 5.75 Å². The molecule has 2 rings (SSSR count). The molecule has 0 radical (unpaired) electrons. The van der Waals surface area contributed by atoms with Gasteiger partial charge in [0.25, 0.3) is 0 Å². The zero-order chi connectivity index (χ0) is 14.0. The van der Waals surface area contributed by atoms with E-state index in [4.69, 9.17) is 9.47 Å². The van der Waals surface area contributed by atoms with Crippen molar-refractivity contribution in [1.82, 2.24) is 5.32 Å². The summed E-state index contributed by atoms with van der Waals surface area (Å²) in [7, 11) is 1.73. The Morgan fingerprint density at radius 2 is 1.80 bits per heavy atom. The number of hydrogen-bond donors (Lipinski definition) is 1. The van der Waals surface area contributed by atoms with Crippen LogP contribution in [-0.2, 0) is 11.2 Å². The number of hydrogen-bond acceptors (Lipinski definition) is 3. The van der Waals surface area contributed by atoms with Gasteiger partial charge in [-0.2, -0.15) is 0 Å². The lowest BCUT2D eigenvalue weighted by molar-refractivity contribution is 0.202. The molecule has 0 aliphatic heterocycles. The number of methoxy groups -OCH3 is 1. The van der Waals surface area contributed by atoms with Crippen molar-refractivity contribution in [3.05, 3.63) is 29.8 Å². The molecule has 20 heavy (non-hydrogen) atoms.